The van der Waals surface area contributed by atoms with Gasteiger partial charge < -0.3 is 10.4 Å². The Hall–Kier alpha value is -3.35. The van der Waals surface area contributed by atoms with Gasteiger partial charge in [-0.3, -0.25) is 19.3 Å². The van der Waals surface area contributed by atoms with E-state index in [0.717, 1.165) is 10.5 Å². The second kappa shape index (κ2) is 7.82. The molecule has 3 aromatic carbocycles. The van der Waals surface area contributed by atoms with Crippen LogP contribution in [0.25, 0.3) is 0 Å². The second-order valence-corrected chi connectivity index (χ2v) is 7.50. The summed E-state index contributed by atoms with van der Waals surface area (Å²) < 4.78 is 0. The van der Waals surface area contributed by atoms with Gasteiger partial charge >= 0.3 is 0 Å². The molecule has 3 amide bonds. The van der Waals surface area contributed by atoms with E-state index in [4.69, 9.17) is 23.2 Å². The third kappa shape index (κ3) is 3.63. The number of phenols is 1. The molecule has 150 valence electrons. The van der Waals surface area contributed by atoms with E-state index in [9.17, 15) is 19.5 Å². The number of carbonyl (C=O) groups excluding carboxylic acids is 3. The van der Waals surface area contributed by atoms with Gasteiger partial charge in [0.2, 0.25) is 0 Å². The Balaban J connectivity index is 1.57. The van der Waals surface area contributed by atoms with E-state index in [1.54, 1.807) is 0 Å². The minimum atomic E-state index is -0.516. The van der Waals surface area contributed by atoms with Crippen molar-refractivity contribution in [2.75, 3.05) is 5.32 Å². The van der Waals surface area contributed by atoms with Crippen LogP contribution in [-0.4, -0.2) is 27.7 Å². The van der Waals surface area contributed by atoms with Gasteiger partial charge in [0.15, 0.2) is 5.75 Å². The number of aromatic hydroxyl groups is 1. The number of phenolic OH excluding ortho intramolecular Hbond substituents is 1. The first kappa shape index (κ1) is 19.9. The Morgan fingerprint density at radius 1 is 0.900 bits per heavy atom. The Bertz CT molecular complexity index is 1170. The first-order chi connectivity index (χ1) is 14.3. The van der Waals surface area contributed by atoms with Crippen molar-refractivity contribution in [1.82, 2.24) is 4.90 Å². The van der Waals surface area contributed by atoms with Crippen LogP contribution < -0.4 is 5.32 Å². The summed E-state index contributed by atoms with van der Waals surface area (Å²) in [4.78, 5) is 39.2. The maximum atomic E-state index is 12.8. The Morgan fingerprint density at radius 2 is 1.53 bits per heavy atom. The van der Waals surface area contributed by atoms with E-state index in [1.807, 2.05) is 30.3 Å². The smallest absolute Gasteiger partial charge is 0.261 e. The lowest BCUT2D eigenvalue weighted by molar-refractivity contribution is 0.0642. The predicted molar refractivity (Wildman–Crippen MR) is 113 cm³/mol. The number of rotatable bonds is 4. The summed E-state index contributed by atoms with van der Waals surface area (Å²) in [5.74, 6) is -1.65. The summed E-state index contributed by atoms with van der Waals surface area (Å²) in [6.07, 6.45) is 0. The molecule has 2 N–H and O–H groups in total. The van der Waals surface area contributed by atoms with Gasteiger partial charge in [-0.05, 0) is 35.9 Å². The second-order valence-electron chi connectivity index (χ2n) is 6.69. The lowest BCUT2D eigenvalue weighted by Gasteiger charge is -2.13. The van der Waals surface area contributed by atoms with E-state index in [0.29, 0.717) is 0 Å². The predicted octanol–water partition coefficient (Wildman–Crippen LogP) is 4.75. The lowest BCUT2D eigenvalue weighted by Crippen LogP contribution is -2.29. The number of hydrogen-bond acceptors (Lipinski definition) is 4. The average Bonchev–Trinajstić information content (AvgIpc) is 2.97. The van der Waals surface area contributed by atoms with Crippen molar-refractivity contribution in [2.45, 2.75) is 6.54 Å². The quantitative estimate of drug-likeness (QED) is 0.452. The van der Waals surface area contributed by atoms with Crippen LogP contribution in [0, 0.1) is 0 Å². The van der Waals surface area contributed by atoms with Gasteiger partial charge in [-0.1, -0.05) is 53.5 Å². The Labute approximate surface area is 181 Å². The SMILES string of the molecule is O=C(Nc1cc(Cl)c(O)c(Cl)c1)c1ccc2c(c1)C(=O)N(Cc1ccccc1)C2=O. The molecule has 3 aromatic rings. The molecule has 0 atom stereocenters. The van der Waals surface area contributed by atoms with E-state index in [2.05, 4.69) is 5.32 Å². The van der Waals surface area contributed by atoms with Crippen LogP contribution in [0.15, 0.2) is 60.7 Å². The normalized spacial score (nSPS) is 12.8. The van der Waals surface area contributed by atoms with Crippen LogP contribution in [0.3, 0.4) is 0 Å². The summed E-state index contributed by atoms with van der Waals surface area (Å²) >= 11 is 11.7. The number of carbonyl (C=O) groups is 3. The first-order valence-electron chi connectivity index (χ1n) is 8.88. The van der Waals surface area contributed by atoms with Gasteiger partial charge in [-0.15, -0.1) is 0 Å². The molecule has 0 radical (unpaired) electrons. The van der Waals surface area contributed by atoms with Gasteiger partial charge in [-0.25, -0.2) is 0 Å². The molecule has 1 aliphatic rings. The zero-order valence-electron chi connectivity index (χ0n) is 15.4. The molecule has 4 rings (SSSR count). The maximum absolute atomic E-state index is 12.8. The summed E-state index contributed by atoms with van der Waals surface area (Å²) in [6, 6.07) is 16.2. The number of imide groups is 1. The molecule has 0 bridgehead atoms. The van der Waals surface area contributed by atoms with Gasteiger partial charge in [0, 0.05) is 11.3 Å². The van der Waals surface area contributed by atoms with Crippen molar-refractivity contribution in [3.8, 4) is 5.75 Å². The molecule has 0 saturated heterocycles. The molecule has 0 fully saturated rings. The molecule has 0 aliphatic carbocycles. The monoisotopic (exact) mass is 440 g/mol. The molecule has 6 nitrogen and oxygen atoms in total. The summed E-state index contributed by atoms with van der Waals surface area (Å²) in [5.41, 5.74) is 1.72. The highest BCUT2D eigenvalue weighted by molar-refractivity contribution is 6.37. The molecule has 0 unspecified atom stereocenters. The fourth-order valence-corrected chi connectivity index (χ4v) is 3.67. The van der Waals surface area contributed by atoms with Crippen molar-refractivity contribution < 1.29 is 19.5 Å². The molecule has 30 heavy (non-hydrogen) atoms. The topological polar surface area (TPSA) is 86.7 Å². The van der Waals surface area contributed by atoms with Gasteiger partial charge in [0.1, 0.15) is 0 Å². The zero-order valence-corrected chi connectivity index (χ0v) is 16.9. The Kier molecular flexibility index (Phi) is 5.20. The van der Waals surface area contributed by atoms with E-state index >= 15 is 0 Å². The summed E-state index contributed by atoms with van der Waals surface area (Å²) in [7, 11) is 0. The van der Waals surface area contributed by atoms with Crippen molar-refractivity contribution >= 4 is 46.6 Å². The summed E-state index contributed by atoms with van der Waals surface area (Å²) in [6.45, 7) is 0.152. The zero-order chi connectivity index (χ0) is 21.4. The number of anilines is 1. The van der Waals surface area contributed by atoms with Crippen LogP contribution in [0.1, 0.15) is 36.6 Å². The number of nitrogens with zero attached hydrogens (tertiary/aromatic N) is 1. The van der Waals surface area contributed by atoms with Crippen molar-refractivity contribution in [3.05, 3.63) is 93.0 Å². The van der Waals surface area contributed by atoms with Gasteiger partial charge in [0.25, 0.3) is 17.7 Å². The highest BCUT2D eigenvalue weighted by Gasteiger charge is 2.36. The first-order valence-corrected chi connectivity index (χ1v) is 9.64. The molecular formula is C22H14Cl2N2O4. The fraction of sp³-hybridized carbons (Fsp3) is 0.0455. The highest BCUT2D eigenvalue weighted by Crippen LogP contribution is 2.35. The minimum Gasteiger partial charge on any atom is -0.505 e. The largest absolute Gasteiger partial charge is 0.505 e. The third-order valence-electron chi connectivity index (χ3n) is 4.69. The average molecular weight is 441 g/mol. The maximum Gasteiger partial charge on any atom is 0.261 e. The van der Waals surface area contributed by atoms with Crippen molar-refractivity contribution in [2.24, 2.45) is 0 Å². The molecule has 0 spiro atoms. The van der Waals surface area contributed by atoms with Crippen LogP contribution in [0.5, 0.6) is 5.75 Å². The van der Waals surface area contributed by atoms with Crippen molar-refractivity contribution in [1.29, 1.82) is 0 Å². The number of hydrogen-bond donors (Lipinski definition) is 2. The van der Waals surface area contributed by atoms with Gasteiger partial charge in [0.05, 0.1) is 27.7 Å². The number of nitrogens with one attached hydrogen (secondary N) is 1. The Morgan fingerprint density at radius 3 is 2.20 bits per heavy atom. The molecule has 0 aromatic heterocycles. The van der Waals surface area contributed by atoms with E-state index < -0.39 is 17.7 Å². The molecule has 1 aliphatic heterocycles. The van der Waals surface area contributed by atoms with Crippen LogP contribution in [0.4, 0.5) is 5.69 Å². The molecule has 8 heteroatoms. The van der Waals surface area contributed by atoms with Gasteiger partial charge in [-0.2, -0.15) is 0 Å². The van der Waals surface area contributed by atoms with Crippen LogP contribution in [0.2, 0.25) is 10.0 Å². The number of amides is 3. The molecule has 0 saturated carbocycles. The number of halogens is 2. The van der Waals surface area contributed by atoms with Crippen LogP contribution in [-0.2, 0) is 6.54 Å². The summed E-state index contributed by atoms with van der Waals surface area (Å²) in [5, 5.41) is 12.2. The highest BCUT2D eigenvalue weighted by atomic mass is 35.5. The third-order valence-corrected chi connectivity index (χ3v) is 5.27. The molecular weight excluding hydrogens is 427 g/mol. The number of benzene rings is 3. The number of fused-ring (bicyclic) bond motifs is 1. The lowest BCUT2D eigenvalue weighted by atomic mass is 10.1. The van der Waals surface area contributed by atoms with Crippen LogP contribution >= 0.6 is 23.2 Å². The molecule has 1 heterocycles. The fourth-order valence-electron chi connectivity index (χ4n) is 3.18. The minimum absolute atomic E-state index is 0.0101. The van der Waals surface area contributed by atoms with E-state index in [-0.39, 0.29) is 44.7 Å². The van der Waals surface area contributed by atoms with Crippen molar-refractivity contribution in [3.63, 3.8) is 0 Å². The standard InChI is InChI=1S/C22H14Cl2N2O4/c23-17-9-14(10-18(24)19(17)27)25-20(28)13-6-7-15-16(8-13)22(30)26(21(15)29)11-12-4-2-1-3-5-12/h1-10,27H,11H2,(H,25,28). The van der Waals surface area contributed by atoms with E-state index in [1.165, 1.54) is 30.3 Å².